The molecule has 0 N–H and O–H groups in total. The Balaban J connectivity index is 1.71. The van der Waals surface area contributed by atoms with Crippen LogP contribution in [-0.2, 0) is 11.3 Å². The van der Waals surface area contributed by atoms with E-state index in [0.29, 0.717) is 23.0 Å². The Kier molecular flexibility index (Phi) is 5.01. The van der Waals surface area contributed by atoms with Crippen molar-refractivity contribution in [1.29, 1.82) is 0 Å². The van der Waals surface area contributed by atoms with Crippen LogP contribution >= 0.6 is 23.4 Å². The summed E-state index contributed by atoms with van der Waals surface area (Å²) in [7, 11) is 0. The maximum Gasteiger partial charge on any atom is 0.0723 e. The minimum Gasteiger partial charge on any atom is -0.373 e. The van der Waals surface area contributed by atoms with Gasteiger partial charge >= 0.3 is 0 Å². The topological polar surface area (TPSA) is 9.23 Å². The Morgan fingerprint density at radius 2 is 2.14 bits per heavy atom. The van der Waals surface area contributed by atoms with E-state index in [2.05, 4.69) is 51.1 Å². The normalized spacial score (nSPS) is 30.8. The molecule has 1 nitrogen and oxygen atoms in total. The van der Waals surface area contributed by atoms with Crippen molar-refractivity contribution in [2.24, 2.45) is 5.92 Å². The van der Waals surface area contributed by atoms with Crippen LogP contribution in [0.15, 0.2) is 41.5 Å². The van der Waals surface area contributed by atoms with Crippen molar-refractivity contribution < 1.29 is 4.74 Å². The number of aryl methyl sites for hydroxylation is 2. The minimum absolute atomic E-state index is 0.251. The highest BCUT2D eigenvalue weighted by Crippen LogP contribution is 2.42. The van der Waals surface area contributed by atoms with Gasteiger partial charge in [0.25, 0.3) is 0 Å². The first-order valence-corrected chi connectivity index (χ1v) is 9.23. The third kappa shape index (κ3) is 3.61. The molecule has 0 saturated carbocycles. The number of fused-ring (bicyclic) bond motifs is 1. The molecule has 0 unspecified atom stereocenters. The monoisotopic (exact) mass is 334 g/mol. The lowest BCUT2D eigenvalue weighted by Crippen LogP contribution is -2.38. The Labute approximate surface area is 142 Å². The summed E-state index contributed by atoms with van der Waals surface area (Å²) in [4.78, 5) is 0. The maximum absolute atomic E-state index is 6.33. The molecule has 1 aliphatic heterocycles. The van der Waals surface area contributed by atoms with Crippen LogP contribution in [0.4, 0.5) is 0 Å². The molecule has 0 aromatic heterocycles. The van der Waals surface area contributed by atoms with Gasteiger partial charge in [-0.2, -0.15) is 11.8 Å². The minimum atomic E-state index is 0.251. The molecule has 22 heavy (non-hydrogen) atoms. The first-order chi connectivity index (χ1) is 10.5. The molecule has 4 atom stereocenters. The highest BCUT2D eigenvalue weighted by atomic mass is 35.5. The predicted octanol–water partition coefficient (Wildman–Crippen LogP) is 5.39. The number of allylic oxidation sites excluding steroid dienone is 2. The van der Waals surface area contributed by atoms with Gasteiger partial charge in [0.2, 0.25) is 0 Å². The maximum atomic E-state index is 6.33. The summed E-state index contributed by atoms with van der Waals surface area (Å²) < 4.78 is 6.33. The Hall–Kier alpha value is -0.700. The van der Waals surface area contributed by atoms with E-state index in [1.165, 1.54) is 16.7 Å². The zero-order chi connectivity index (χ0) is 15.7. The van der Waals surface area contributed by atoms with Gasteiger partial charge < -0.3 is 4.74 Å². The average molecular weight is 335 g/mol. The van der Waals surface area contributed by atoms with Gasteiger partial charge in [0.15, 0.2) is 0 Å². The van der Waals surface area contributed by atoms with Crippen molar-refractivity contribution in [3.63, 3.8) is 0 Å². The molecule has 0 spiro atoms. The Bertz CT molecular complexity index is 607. The molecular formula is C19H23ClOS. The highest BCUT2D eigenvalue weighted by Gasteiger charge is 2.36. The fourth-order valence-corrected chi connectivity index (χ4v) is 4.96. The van der Waals surface area contributed by atoms with Crippen LogP contribution in [0, 0.1) is 19.8 Å². The van der Waals surface area contributed by atoms with Gasteiger partial charge in [0, 0.05) is 21.5 Å². The molecule has 1 saturated heterocycles. The summed E-state index contributed by atoms with van der Waals surface area (Å²) >= 11 is 8.24. The molecule has 0 bridgehead atoms. The van der Waals surface area contributed by atoms with Gasteiger partial charge in [0.1, 0.15) is 0 Å². The number of rotatable bonds is 3. The summed E-state index contributed by atoms with van der Waals surface area (Å²) in [6.45, 7) is 7.27. The molecule has 118 valence electrons. The van der Waals surface area contributed by atoms with Gasteiger partial charge in [0.05, 0.1) is 12.7 Å². The van der Waals surface area contributed by atoms with Crippen molar-refractivity contribution in [1.82, 2.24) is 0 Å². The quantitative estimate of drug-likeness (QED) is 0.732. The largest absolute Gasteiger partial charge is 0.373 e. The Morgan fingerprint density at radius 3 is 2.91 bits per heavy atom. The van der Waals surface area contributed by atoms with Crippen molar-refractivity contribution in [2.45, 2.75) is 50.4 Å². The van der Waals surface area contributed by atoms with Gasteiger partial charge in [-0.25, -0.2) is 0 Å². The van der Waals surface area contributed by atoms with E-state index in [0.717, 1.165) is 11.5 Å². The second-order valence-corrected chi connectivity index (χ2v) is 8.47. The number of benzene rings is 1. The smallest absolute Gasteiger partial charge is 0.0723 e. The summed E-state index contributed by atoms with van der Waals surface area (Å²) in [6, 6.07) is 6.57. The summed E-state index contributed by atoms with van der Waals surface area (Å²) in [6.07, 6.45) is 7.78. The van der Waals surface area contributed by atoms with Crippen LogP contribution in [0.25, 0.3) is 0 Å². The summed E-state index contributed by atoms with van der Waals surface area (Å²) in [5, 5.41) is 1.96. The zero-order valence-electron chi connectivity index (χ0n) is 13.4. The molecule has 1 aromatic rings. The molecular weight excluding hydrogens is 312 g/mol. The van der Waals surface area contributed by atoms with E-state index in [1.807, 2.05) is 17.8 Å². The fraction of sp³-hybridized carbons (Fsp3) is 0.474. The van der Waals surface area contributed by atoms with E-state index >= 15 is 0 Å². The molecule has 1 aliphatic carbocycles. The number of ether oxygens (including phenoxy) is 1. The van der Waals surface area contributed by atoms with Crippen LogP contribution in [0.1, 0.15) is 30.0 Å². The SMILES string of the molecule is Cc1ccc(CO[C@H]2C[C@@H](C)S[C@H]3C=CC(Cl)=C[C@H]23)c(C)c1. The van der Waals surface area contributed by atoms with Crippen molar-refractivity contribution in [3.8, 4) is 0 Å². The molecule has 1 fully saturated rings. The van der Waals surface area contributed by atoms with E-state index in [1.54, 1.807) is 0 Å². The predicted molar refractivity (Wildman–Crippen MR) is 96.5 cm³/mol. The first kappa shape index (κ1) is 16.2. The first-order valence-electron chi connectivity index (χ1n) is 7.91. The van der Waals surface area contributed by atoms with Crippen molar-refractivity contribution >= 4 is 23.4 Å². The van der Waals surface area contributed by atoms with Crippen molar-refractivity contribution in [2.75, 3.05) is 0 Å². The van der Waals surface area contributed by atoms with E-state index in [9.17, 15) is 0 Å². The lowest BCUT2D eigenvalue weighted by molar-refractivity contribution is 0.00694. The number of halogens is 1. The third-order valence-electron chi connectivity index (χ3n) is 4.51. The van der Waals surface area contributed by atoms with Crippen LogP contribution in [0.2, 0.25) is 0 Å². The molecule has 1 heterocycles. The third-order valence-corrected chi connectivity index (χ3v) is 6.20. The highest BCUT2D eigenvalue weighted by molar-refractivity contribution is 8.00. The van der Waals surface area contributed by atoms with Crippen LogP contribution in [-0.4, -0.2) is 16.6 Å². The molecule has 3 heteroatoms. The lowest BCUT2D eigenvalue weighted by Gasteiger charge is -2.39. The number of hydrogen-bond acceptors (Lipinski definition) is 2. The zero-order valence-corrected chi connectivity index (χ0v) is 15.0. The molecule has 2 aliphatic rings. The fourth-order valence-electron chi connectivity index (χ4n) is 3.30. The standard InChI is InChI=1S/C19H23ClOS/c1-12-4-5-15(13(2)8-12)11-21-18-9-14(3)22-19-7-6-16(20)10-17(18)19/h4-8,10,14,17-19H,9,11H2,1-3H3/t14-,17-,18+,19+/m1/s1. The van der Waals surface area contributed by atoms with Crippen LogP contribution in [0.5, 0.6) is 0 Å². The molecule has 0 amide bonds. The van der Waals surface area contributed by atoms with Gasteiger partial charge in [-0.15, -0.1) is 0 Å². The van der Waals surface area contributed by atoms with E-state index in [4.69, 9.17) is 16.3 Å². The van der Waals surface area contributed by atoms with E-state index in [-0.39, 0.29) is 6.10 Å². The average Bonchev–Trinajstić information content (AvgIpc) is 2.46. The number of thioether (sulfide) groups is 1. The second kappa shape index (κ2) is 6.82. The summed E-state index contributed by atoms with van der Waals surface area (Å²) in [5.74, 6) is 0.393. The molecule has 1 aromatic carbocycles. The van der Waals surface area contributed by atoms with Gasteiger partial charge in [-0.1, -0.05) is 54.4 Å². The number of hydrogen-bond donors (Lipinski definition) is 0. The van der Waals surface area contributed by atoms with Gasteiger partial charge in [-0.3, -0.25) is 0 Å². The summed E-state index contributed by atoms with van der Waals surface area (Å²) in [5.41, 5.74) is 3.90. The van der Waals surface area contributed by atoms with Gasteiger partial charge in [-0.05, 0) is 37.5 Å². The molecule has 0 radical (unpaired) electrons. The Morgan fingerprint density at radius 1 is 1.32 bits per heavy atom. The van der Waals surface area contributed by atoms with Crippen LogP contribution < -0.4 is 0 Å². The van der Waals surface area contributed by atoms with Crippen molar-refractivity contribution in [3.05, 3.63) is 58.1 Å². The second-order valence-electron chi connectivity index (χ2n) is 6.41. The lowest BCUT2D eigenvalue weighted by atomic mass is 9.90. The van der Waals surface area contributed by atoms with Crippen LogP contribution in [0.3, 0.4) is 0 Å². The molecule has 3 rings (SSSR count). The van der Waals surface area contributed by atoms with E-state index < -0.39 is 0 Å².